The molecule has 0 aromatic rings. The summed E-state index contributed by atoms with van der Waals surface area (Å²) in [7, 11) is -4.94. The molecule has 0 unspecified atom stereocenters. The summed E-state index contributed by atoms with van der Waals surface area (Å²) in [5.74, 6) is 0. The number of rotatable bonds is 0. The Kier molecular flexibility index (Phi) is 7.55. The van der Waals surface area contributed by atoms with Gasteiger partial charge in [0, 0.05) is 0 Å². The fraction of sp³-hybridized carbons (Fsp3) is 0. The molecule has 0 amide bonds. The molecule has 4 nitrogen and oxygen atoms in total. The van der Waals surface area contributed by atoms with Crippen molar-refractivity contribution in [3.05, 3.63) is 0 Å². The number of halogens is 1. The van der Waals surface area contributed by atoms with Gasteiger partial charge in [0.05, 0.1) is 0 Å². The van der Waals surface area contributed by atoms with E-state index >= 15 is 0 Å². The fourth-order valence-corrected chi connectivity index (χ4v) is 0. The van der Waals surface area contributed by atoms with Gasteiger partial charge in [-0.3, -0.25) is 0 Å². The van der Waals surface area contributed by atoms with Crippen molar-refractivity contribution in [3.8, 4) is 0 Å². The molecule has 0 spiro atoms. The third-order valence-electron chi connectivity index (χ3n) is 0. The van der Waals surface area contributed by atoms with Crippen molar-refractivity contribution in [1.29, 1.82) is 0 Å². The van der Waals surface area contributed by atoms with Crippen molar-refractivity contribution >= 4 is 0 Å². The zero-order valence-electron chi connectivity index (χ0n) is 3.01. The first-order valence-electron chi connectivity index (χ1n) is 0.617. The van der Waals surface area contributed by atoms with Crippen LogP contribution in [0.5, 0.6) is 0 Å². The van der Waals surface area contributed by atoms with Crippen LogP contribution in [0.4, 0.5) is 0 Å². The third kappa shape index (κ3) is 34.9. The SMILES string of the molecule is [Cs+].[O-][Cl+3]([O-])([O-])[O-]. The molecule has 6 heteroatoms. The molecule has 0 rings (SSSR count). The summed E-state index contributed by atoms with van der Waals surface area (Å²) >= 11 is 0. The van der Waals surface area contributed by atoms with Crippen molar-refractivity contribution in [1.82, 2.24) is 0 Å². The molecule has 0 aromatic heterocycles. The molecule has 0 heterocycles. The predicted molar refractivity (Wildman–Crippen MR) is 0 cm³/mol. The number of hydrogen-bond donors (Lipinski definition) is 0. The summed E-state index contributed by atoms with van der Waals surface area (Å²) in [6.45, 7) is 0. The largest absolute Gasteiger partial charge is 1.00 e. The van der Waals surface area contributed by atoms with Crippen LogP contribution in [0.1, 0.15) is 0 Å². The van der Waals surface area contributed by atoms with E-state index in [1.54, 1.807) is 0 Å². The van der Waals surface area contributed by atoms with Gasteiger partial charge in [-0.25, -0.2) is 18.6 Å². The molecule has 0 bridgehead atoms. The van der Waals surface area contributed by atoms with Crippen LogP contribution in [0.3, 0.4) is 0 Å². The van der Waals surface area contributed by atoms with E-state index < -0.39 is 10.2 Å². The van der Waals surface area contributed by atoms with E-state index in [9.17, 15) is 0 Å². The monoisotopic (exact) mass is 232 g/mol. The Bertz CT molecular complexity index is 23.0. The first-order chi connectivity index (χ1) is 2.00. The number of hydrogen-bond acceptors (Lipinski definition) is 4. The van der Waals surface area contributed by atoms with E-state index in [1.807, 2.05) is 0 Å². The Labute approximate surface area is 95.3 Å². The summed E-state index contributed by atoms with van der Waals surface area (Å²) in [5, 5.41) is 0. The van der Waals surface area contributed by atoms with Gasteiger partial charge in [-0.1, -0.05) is 0 Å². The minimum atomic E-state index is -4.94. The van der Waals surface area contributed by atoms with Crippen molar-refractivity contribution in [2.24, 2.45) is 0 Å². The van der Waals surface area contributed by atoms with Gasteiger partial charge < -0.3 is 0 Å². The summed E-state index contributed by atoms with van der Waals surface area (Å²) in [5.41, 5.74) is 0. The van der Waals surface area contributed by atoms with Crippen molar-refractivity contribution < 1.29 is 97.8 Å². The van der Waals surface area contributed by atoms with Gasteiger partial charge in [0.2, 0.25) is 0 Å². The second kappa shape index (κ2) is 4.10. The summed E-state index contributed by atoms with van der Waals surface area (Å²) in [4.78, 5) is 0. The predicted octanol–water partition coefficient (Wildman–Crippen LogP) is -7.75. The fourth-order valence-electron chi connectivity index (χ4n) is 0. The van der Waals surface area contributed by atoms with Crippen LogP contribution >= 0.6 is 0 Å². The Morgan fingerprint density at radius 3 is 0.833 bits per heavy atom. The average molecular weight is 232 g/mol. The van der Waals surface area contributed by atoms with Crippen LogP contribution in [0.2, 0.25) is 0 Å². The van der Waals surface area contributed by atoms with Gasteiger partial charge in [0.25, 0.3) is 0 Å². The summed E-state index contributed by atoms with van der Waals surface area (Å²) in [6, 6.07) is 0. The van der Waals surface area contributed by atoms with Crippen LogP contribution < -0.4 is 87.5 Å². The second-order valence-corrected chi connectivity index (χ2v) is 1.13. The van der Waals surface area contributed by atoms with Gasteiger partial charge in [-0.05, 0) is 0 Å². The van der Waals surface area contributed by atoms with Gasteiger partial charge >= 0.3 is 68.9 Å². The maximum atomic E-state index is 8.49. The topological polar surface area (TPSA) is 92.2 Å². The molecule has 0 saturated carbocycles. The molecular weight excluding hydrogens is 232 g/mol. The smallest absolute Gasteiger partial charge is 0.222 e. The van der Waals surface area contributed by atoms with Crippen LogP contribution in [0, 0.1) is 10.2 Å². The molecule has 0 N–H and O–H groups in total. The van der Waals surface area contributed by atoms with Gasteiger partial charge in [-0.15, -0.1) is 10.2 Å². The maximum absolute atomic E-state index is 8.49. The first kappa shape index (κ1) is 11.0. The molecule has 0 fully saturated rings. The third-order valence-corrected chi connectivity index (χ3v) is 0. The summed E-state index contributed by atoms with van der Waals surface area (Å²) < 4.78 is 34.0. The van der Waals surface area contributed by atoms with Gasteiger partial charge in [0.1, 0.15) is 0 Å². The Hall–Kier alpha value is 2.18. The molecule has 0 aliphatic heterocycles. The zero-order valence-corrected chi connectivity index (χ0v) is 10.0. The molecule has 0 aliphatic rings. The normalized spacial score (nSPS) is 10.0. The molecule has 0 saturated heterocycles. The van der Waals surface area contributed by atoms with Crippen LogP contribution in [-0.2, 0) is 0 Å². The minimum Gasteiger partial charge on any atom is -0.222 e. The van der Waals surface area contributed by atoms with Crippen LogP contribution in [-0.4, -0.2) is 0 Å². The van der Waals surface area contributed by atoms with Crippen LogP contribution in [0.25, 0.3) is 0 Å². The standard InChI is InChI=1S/ClHO4.Cs/c2-1(3,4)5;/h(H,2,3,4,5);/q;+1/p-1. The van der Waals surface area contributed by atoms with E-state index in [0.717, 1.165) is 0 Å². The van der Waals surface area contributed by atoms with E-state index in [4.69, 9.17) is 18.6 Å². The van der Waals surface area contributed by atoms with Crippen molar-refractivity contribution in [3.63, 3.8) is 0 Å². The summed E-state index contributed by atoms with van der Waals surface area (Å²) in [6.07, 6.45) is 0. The van der Waals surface area contributed by atoms with Gasteiger partial charge in [-0.2, -0.15) is 0 Å². The molecule has 32 valence electrons. The Balaban J connectivity index is 0. The molecule has 0 aliphatic carbocycles. The van der Waals surface area contributed by atoms with Gasteiger partial charge in [0.15, 0.2) is 0 Å². The zero-order chi connectivity index (χ0) is 4.50. The Morgan fingerprint density at radius 1 is 0.833 bits per heavy atom. The Morgan fingerprint density at radius 2 is 0.833 bits per heavy atom. The van der Waals surface area contributed by atoms with E-state index in [-0.39, 0.29) is 68.9 Å². The van der Waals surface area contributed by atoms with E-state index in [2.05, 4.69) is 0 Å². The van der Waals surface area contributed by atoms with Crippen molar-refractivity contribution in [2.75, 3.05) is 0 Å². The van der Waals surface area contributed by atoms with E-state index in [0.29, 0.717) is 0 Å². The van der Waals surface area contributed by atoms with Crippen molar-refractivity contribution in [2.45, 2.75) is 0 Å². The molecule has 0 aromatic carbocycles. The average Bonchev–Trinajstić information content (AvgIpc) is 0.722. The van der Waals surface area contributed by atoms with E-state index in [1.165, 1.54) is 0 Å². The molecular formula is ClCsO4. The first-order valence-corrected chi connectivity index (χ1v) is 1.85. The molecule has 0 radical (unpaired) electrons. The molecule has 6 heavy (non-hydrogen) atoms. The maximum Gasteiger partial charge on any atom is 1.00 e. The minimum absolute atomic E-state index is 0. The molecule has 0 atom stereocenters. The quantitative estimate of drug-likeness (QED) is 0.415. The van der Waals surface area contributed by atoms with Crippen LogP contribution in [0.15, 0.2) is 0 Å². The second-order valence-electron chi connectivity index (χ2n) is 0.378.